The third kappa shape index (κ3) is 4.17. The van der Waals surface area contributed by atoms with Crippen molar-refractivity contribution in [3.63, 3.8) is 0 Å². The zero-order chi connectivity index (χ0) is 18.2. The number of nitrogens with one attached hydrogen (secondary N) is 1. The maximum absolute atomic E-state index is 12.7. The van der Waals surface area contributed by atoms with E-state index in [2.05, 4.69) is 25.2 Å². The third-order valence-electron chi connectivity index (χ3n) is 5.43. The van der Waals surface area contributed by atoms with Crippen molar-refractivity contribution in [3.05, 3.63) is 23.2 Å². The van der Waals surface area contributed by atoms with Crippen LogP contribution in [0.1, 0.15) is 62.7 Å². The maximum Gasteiger partial charge on any atom is 0.317 e. The molecule has 3 amide bonds. The number of urea groups is 1. The molecule has 2 aliphatic rings. The van der Waals surface area contributed by atoms with Crippen LogP contribution in [0.3, 0.4) is 0 Å². The largest absolute Gasteiger partial charge is 0.466 e. The third-order valence-corrected chi connectivity index (χ3v) is 5.43. The monoisotopic (exact) mass is 347 g/mol. The van der Waals surface area contributed by atoms with Crippen LogP contribution in [-0.4, -0.2) is 29.9 Å². The summed E-state index contributed by atoms with van der Waals surface area (Å²) in [5, 5.41) is 3.20. The van der Waals surface area contributed by atoms with Crippen molar-refractivity contribution in [2.45, 2.75) is 58.9 Å². The number of hydrogen-bond acceptors (Lipinski definition) is 3. The minimum absolute atomic E-state index is 0.00737. The molecule has 0 bridgehead atoms. The van der Waals surface area contributed by atoms with Crippen LogP contribution in [0.5, 0.6) is 0 Å². The first kappa shape index (κ1) is 17.8. The number of nitrogens with zero attached hydrogens (tertiary/aromatic N) is 1. The molecular formula is C19H29N3O3. The average molecular weight is 347 g/mol. The molecule has 0 unspecified atom stereocenters. The second-order valence-corrected chi connectivity index (χ2v) is 8.38. The van der Waals surface area contributed by atoms with Crippen LogP contribution in [0, 0.1) is 18.3 Å². The Balaban J connectivity index is 1.62. The van der Waals surface area contributed by atoms with E-state index in [9.17, 15) is 9.59 Å². The summed E-state index contributed by atoms with van der Waals surface area (Å²) in [4.78, 5) is 25.6. The van der Waals surface area contributed by atoms with Crippen molar-refractivity contribution >= 4 is 11.9 Å². The summed E-state index contributed by atoms with van der Waals surface area (Å²) in [6.07, 6.45) is 3.90. The van der Waals surface area contributed by atoms with Crippen LogP contribution >= 0.6 is 0 Å². The molecule has 1 saturated heterocycles. The van der Waals surface area contributed by atoms with Crippen LogP contribution in [0.15, 0.2) is 10.5 Å². The van der Waals surface area contributed by atoms with E-state index in [1.807, 2.05) is 11.8 Å². The van der Waals surface area contributed by atoms with Crippen molar-refractivity contribution in [2.75, 3.05) is 13.1 Å². The number of carbonyl (C=O) groups excluding carboxylic acids is 2. The van der Waals surface area contributed by atoms with Gasteiger partial charge in [-0.25, -0.2) is 4.79 Å². The summed E-state index contributed by atoms with van der Waals surface area (Å²) in [6, 6.07) is 2.02. The molecule has 1 atom stereocenters. The van der Waals surface area contributed by atoms with Gasteiger partial charge in [-0.2, -0.15) is 0 Å². The number of hydrogen-bond donors (Lipinski definition) is 2. The Morgan fingerprint density at radius 3 is 2.68 bits per heavy atom. The number of carbonyl (C=O) groups is 2. The summed E-state index contributed by atoms with van der Waals surface area (Å²) in [5.41, 5.74) is 6.49. The van der Waals surface area contributed by atoms with Crippen molar-refractivity contribution in [2.24, 2.45) is 17.1 Å². The lowest BCUT2D eigenvalue weighted by Crippen LogP contribution is -2.47. The summed E-state index contributed by atoms with van der Waals surface area (Å²) >= 11 is 0. The molecule has 1 fully saturated rings. The van der Waals surface area contributed by atoms with E-state index in [1.165, 1.54) is 0 Å². The molecule has 2 heterocycles. The van der Waals surface area contributed by atoms with Gasteiger partial charge < -0.3 is 20.4 Å². The second-order valence-electron chi connectivity index (χ2n) is 8.38. The Morgan fingerprint density at radius 2 is 2.04 bits per heavy atom. The zero-order valence-corrected chi connectivity index (χ0v) is 15.4. The van der Waals surface area contributed by atoms with E-state index in [1.54, 1.807) is 0 Å². The molecule has 138 valence electrons. The molecule has 1 aliphatic carbocycles. The van der Waals surface area contributed by atoms with Crippen molar-refractivity contribution < 1.29 is 14.0 Å². The fourth-order valence-electron chi connectivity index (χ4n) is 4.18. The predicted molar refractivity (Wildman–Crippen MR) is 94.9 cm³/mol. The number of furan rings is 1. The number of rotatable bonds is 3. The lowest BCUT2D eigenvalue weighted by Gasteiger charge is -2.37. The maximum atomic E-state index is 12.7. The van der Waals surface area contributed by atoms with Gasteiger partial charge in [0.05, 0.1) is 6.04 Å². The Morgan fingerprint density at radius 1 is 1.36 bits per heavy atom. The first-order chi connectivity index (χ1) is 11.7. The van der Waals surface area contributed by atoms with Gasteiger partial charge in [-0.1, -0.05) is 13.8 Å². The molecule has 0 aromatic carbocycles. The highest BCUT2D eigenvalue weighted by atomic mass is 16.3. The van der Waals surface area contributed by atoms with Gasteiger partial charge in [0, 0.05) is 31.5 Å². The number of nitrogens with two attached hydrogens (primary N) is 1. The summed E-state index contributed by atoms with van der Waals surface area (Å²) < 4.78 is 5.84. The molecule has 25 heavy (non-hydrogen) atoms. The average Bonchev–Trinajstić information content (AvgIpc) is 2.86. The highest BCUT2D eigenvalue weighted by Crippen LogP contribution is 2.42. The molecule has 1 aliphatic heterocycles. The smallest absolute Gasteiger partial charge is 0.317 e. The van der Waals surface area contributed by atoms with Gasteiger partial charge >= 0.3 is 6.03 Å². The Bertz CT molecular complexity index is 657. The molecule has 1 aromatic rings. The second kappa shape index (κ2) is 6.73. The van der Waals surface area contributed by atoms with Gasteiger partial charge in [-0.05, 0) is 43.6 Å². The van der Waals surface area contributed by atoms with Gasteiger partial charge in [0.1, 0.15) is 11.5 Å². The normalized spacial score (nSPS) is 23.2. The van der Waals surface area contributed by atoms with E-state index in [-0.39, 0.29) is 23.4 Å². The van der Waals surface area contributed by atoms with Gasteiger partial charge in [0.15, 0.2) is 0 Å². The van der Waals surface area contributed by atoms with Gasteiger partial charge in [0.25, 0.3) is 0 Å². The molecule has 0 spiro atoms. The fraction of sp³-hybridized carbons (Fsp3) is 0.684. The summed E-state index contributed by atoms with van der Waals surface area (Å²) in [6.45, 7) is 7.73. The van der Waals surface area contributed by atoms with Crippen LogP contribution < -0.4 is 11.1 Å². The summed E-state index contributed by atoms with van der Waals surface area (Å²) in [7, 11) is 0. The van der Waals surface area contributed by atoms with Crippen LogP contribution in [-0.2, 0) is 11.2 Å². The highest BCUT2D eigenvalue weighted by Gasteiger charge is 2.36. The van der Waals surface area contributed by atoms with Crippen LogP contribution in [0.25, 0.3) is 0 Å². The highest BCUT2D eigenvalue weighted by molar-refractivity contribution is 5.75. The first-order valence-corrected chi connectivity index (χ1v) is 9.16. The molecule has 6 nitrogen and oxygen atoms in total. The minimum Gasteiger partial charge on any atom is -0.466 e. The number of aryl methyl sites for hydroxylation is 1. The zero-order valence-electron chi connectivity index (χ0n) is 15.4. The Labute approximate surface area is 149 Å². The Hall–Kier alpha value is -1.98. The molecular weight excluding hydrogens is 318 g/mol. The van der Waals surface area contributed by atoms with E-state index in [0.717, 1.165) is 42.8 Å². The van der Waals surface area contributed by atoms with Gasteiger partial charge in [-0.3, -0.25) is 4.79 Å². The number of piperidine rings is 1. The van der Waals surface area contributed by atoms with Crippen molar-refractivity contribution in [1.82, 2.24) is 10.2 Å². The number of primary amides is 1. The Kier molecular flexibility index (Phi) is 4.80. The van der Waals surface area contributed by atoms with E-state index in [0.29, 0.717) is 25.4 Å². The predicted octanol–water partition coefficient (Wildman–Crippen LogP) is 2.90. The minimum atomic E-state index is -0.254. The number of likely N-dealkylation sites (tertiary alicyclic amines) is 1. The quantitative estimate of drug-likeness (QED) is 0.881. The molecule has 1 aromatic heterocycles. The molecule has 6 heteroatoms. The fourth-order valence-corrected chi connectivity index (χ4v) is 4.18. The van der Waals surface area contributed by atoms with Crippen molar-refractivity contribution in [3.8, 4) is 0 Å². The van der Waals surface area contributed by atoms with Crippen LogP contribution in [0.2, 0.25) is 0 Å². The van der Waals surface area contributed by atoms with E-state index < -0.39 is 0 Å². The summed E-state index contributed by atoms with van der Waals surface area (Å²) in [5.74, 6) is 1.95. The van der Waals surface area contributed by atoms with Gasteiger partial charge in [-0.15, -0.1) is 0 Å². The number of amides is 3. The topological polar surface area (TPSA) is 88.6 Å². The molecule has 0 radical (unpaired) electrons. The first-order valence-electron chi connectivity index (χ1n) is 9.16. The van der Waals surface area contributed by atoms with Crippen molar-refractivity contribution in [1.29, 1.82) is 0 Å². The van der Waals surface area contributed by atoms with Crippen LogP contribution in [0.4, 0.5) is 4.79 Å². The lowest BCUT2D eigenvalue weighted by molar-refractivity contribution is -0.119. The molecule has 3 N–H and O–H groups in total. The van der Waals surface area contributed by atoms with Gasteiger partial charge in [0.2, 0.25) is 5.91 Å². The molecule has 3 rings (SSSR count). The standard InChI is InChI=1S/C19H29N3O3/c1-12-8-14-15(10-19(2,3)11-16(14)25-12)21-18(24)22-6-4-13(5-7-22)9-17(20)23/h8,13,15H,4-7,9-11H2,1-3H3,(H2,20,23)(H,21,24)/t15-/m1/s1. The van der Waals surface area contributed by atoms with E-state index in [4.69, 9.17) is 10.2 Å². The lowest BCUT2D eigenvalue weighted by atomic mass is 9.75. The molecule has 0 saturated carbocycles. The number of fused-ring (bicyclic) bond motifs is 1. The SMILES string of the molecule is Cc1cc2c(o1)CC(C)(C)C[C@H]2NC(=O)N1CCC(CC(N)=O)CC1. The van der Waals surface area contributed by atoms with E-state index >= 15 is 0 Å².